The monoisotopic (exact) mass is 213 g/mol. The summed E-state index contributed by atoms with van der Waals surface area (Å²) in [5.74, 6) is 0.475. The molecule has 14 heavy (non-hydrogen) atoms. The van der Waals surface area contributed by atoms with E-state index in [2.05, 4.69) is 4.74 Å². The fourth-order valence-corrected chi connectivity index (χ4v) is 1.38. The molecule has 1 aliphatic rings. The molecular formula is C8H14F3NO2. The van der Waals surface area contributed by atoms with Crippen LogP contribution in [0.2, 0.25) is 0 Å². The van der Waals surface area contributed by atoms with E-state index in [9.17, 15) is 13.2 Å². The summed E-state index contributed by atoms with van der Waals surface area (Å²) in [6, 6.07) is 0. The summed E-state index contributed by atoms with van der Waals surface area (Å²) in [6.45, 7) is 0.174. The minimum atomic E-state index is -4.55. The molecule has 0 aliphatic heterocycles. The molecule has 0 atom stereocenters. The van der Waals surface area contributed by atoms with E-state index >= 15 is 0 Å². The maximum atomic E-state index is 11.5. The van der Waals surface area contributed by atoms with Crippen LogP contribution < -0.4 is 5.73 Å². The molecule has 0 aromatic heterocycles. The first-order chi connectivity index (χ1) is 6.51. The van der Waals surface area contributed by atoms with Crippen LogP contribution in [-0.2, 0) is 9.47 Å². The first kappa shape index (κ1) is 11.7. The highest BCUT2D eigenvalue weighted by Gasteiger charge is 2.30. The lowest BCUT2D eigenvalue weighted by atomic mass is 9.82. The lowest BCUT2D eigenvalue weighted by molar-refractivity contribution is -0.328. The zero-order chi connectivity index (χ0) is 10.6. The maximum absolute atomic E-state index is 11.5. The van der Waals surface area contributed by atoms with Crippen molar-refractivity contribution in [1.82, 2.24) is 0 Å². The SMILES string of the molecule is NCC1CC(OCCOC(F)(F)F)C1. The summed E-state index contributed by atoms with van der Waals surface area (Å²) in [7, 11) is 0. The summed E-state index contributed by atoms with van der Waals surface area (Å²) < 4.78 is 43.2. The van der Waals surface area contributed by atoms with Gasteiger partial charge in [0.2, 0.25) is 0 Å². The van der Waals surface area contributed by atoms with Crippen LogP contribution in [0.5, 0.6) is 0 Å². The number of alkyl halides is 3. The molecule has 0 unspecified atom stereocenters. The van der Waals surface area contributed by atoms with Gasteiger partial charge in [-0.15, -0.1) is 13.2 Å². The van der Waals surface area contributed by atoms with E-state index in [-0.39, 0.29) is 12.7 Å². The molecule has 0 bridgehead atoms. The van der Waals surface area contributed by atoms with Crippen molar-refractivity contribution in [3.63, 3.8) is 0 Å². The van der Waals surface area contributed by atoms with Gasteiger partial charge in [-0.05, 0) is 25.3 Å². The van der Waals surface area contributed by atoms with Crippen molar-refractivity contribution in [2.75, 3.05) is 19.8 Å². The number of ether oxygens (including phenoxy) is 2. The minimum absolute atomic E-state index is 0.0124. The molecule has 0 aromatic rings. The van der Waals surface area contributed by atoms with E-state index in [1.165, 1.54) is 0 Å². The van der Waals surface area contributed by atoms with Crippen LogP contribution in [-0.4, -0.2) is 32.2 Å². The molecule has 1 rings (SSSR count). The highest BCUT2D eigenvalue weighted by atomic mass is 19.4. The van der Waals surface area contributed by atoms with Gasteiger partial charge in [-0.2, -0.15) is 0 Å². The Bertz CT molecular complexity index is 168. The zero-order valence-corrected chi connectivity index (χ0v) is 7.72. The van der Waals surface area contributed by atoms with E-state index in [1.807, 2.05) is 0 Å². The molecule has 1 saturated carbocycles. The van der Waals surface area contributed by atoms with Gasteiger partial charge >= 0.3 is 6.36 Å². The average Bonchev–Trinajstić information content (AvgIpc) is 1.98. The largest absolute Gasteiger partial charge is 0.522 e. The number of nitrogens with two attached hydrogens (primary N) is 1. The summed E-state index contributed by atoms with van der Waals surface area (Å²) in [4.78, 5) is 0. The maximum Gasteiger partial charge on any atom is 0.522 e. The molecule has 0 heterocycles. The van der Waals surface area contributed by atoms with E-state index < -0.39 is 13.0 Å². The quantitative estimate of drug-likeness (QED) is 0.699. The Labute approximate surface area is 80.4 Å². The summed E-state index contributed by atoms with van der Waals surface area (Å²) in [5.41, 5.74) is 5.38. The van der Waals surface area contributed by atoms with Gasteiger partial charge in [-0.1, -0.05) is 0 Å². The number of halogens is 3. The van der Waals surface area contributed by atoms with Gasteiger partial charge in [0.1, 0.15) is 0 Å². The molecule has 0 radical (unpaired) electrons. The van der Waals surface area contributed by atoms with Gasteiger partial charge in [0, 0.05) is 0 Å². The average molecular weight is 213 g/mol. The first-order valence-electron chi connectivity index (χ1n) is 4.53. The lowest BCUT2D eigenvalue weighted by Gasteiger charge is -2.34. The van der Waals surface area contributed by atoms with Crippen molar-refractivity contribution >= 4 is 0 Å². The summed E-state index contributed by atoms with van der Waals surface area (Å²) in [6.07, 6.45) is -2.78. The van der Waals surface area contributed by atoms with E-state index in [0.29, 0.717) is 12.5 Å². The smallest absolute Gasteiger partial charge is 0.376 e. The van der Waals surface area contributed by atoms with Crippen LogP contribution in [0.3, 0.4) is 0 Å². The molecule has 84 valence electrons. The van der Waals surface area contributed by atoms with E-state index in [4.69, 9.17) is 10.5 Å². The van der Waals surface area contributed by atoms with Gasteiger partial charge in [-0.25, -0.2) is 0 Å². The predicted octanol–water partition coefficient (Wildman–Crippen LogP) is 1.28. The molecule has 2 N–H and O–H groups in total. The van der Waals surface area contributed by atoms with Gasteiger partial charge in [0.05, 0.1) is 19.3 Å². The third kappa shape index (κ3) is 4.26. The summed E-state index contributed by atoms with van der Waals surface area (Å²) in [5, 5.41) is 0. The molecule has 0 saturated heterocycles. The van der Waals surface area contributed by atoms with Crippen molar-refractivity contribution in [3.8, 4) is 0 Å². The fraction of sp³-hybridized carbons (Fsp3) is 1.00. The third-order valence-electron chi connectivity index (χ3n) is 2.23. The second-order valence-electron chi connectivity index (χ2n) is 3.36. The Hall–Kier alpha value is -0.330. The Balaban J connectivity index is 1.91. The second kappa shape index (κ2) is 4.95. The van der Waals surface area contributed by atoms with Crippen LogP contribution in [0.25, 0.3) is 0 Å². The van der Waals surface area contributed by atoms with Crippen LogP contribution in [0.4, 0.5) is 13.2 Å². The predicted molar refractivity (Wildman–Crippen MR) is 43.5 cm³/mol. The Morgan fingerprint density at radius 3 is 2.36 bits per heavy atom. The standard InChI is InChI=1S/C8H14F3NO2/c9-8(10,11)14-2-1-13-7-3-6(4-7)5-12/h6-7H,1-5,12H2. The molecule has 3 nitrogen and oxygen atoms in total. The van der Waals surface area contributed by atoms with Gasteiger partial charge in [-0.3, -0.25) is 4.74 Å². The molecule has 1 aliphatic carbocycles. The van der Waals surface area contributed by atoms with Crippen molar-refractivity contribution in [3.05, 3.63) is 0 Å². The van der Waals surface area contributed by atoms with Gasteiger partial charge in [0.15, 0.2) is 0 Å². The van der Waals surface area contributed by atoms with Gasteiger partial charge < -0.3 is 10.5 Å². The zero-order valence-electron chi connectivity index (χ0n) is 7.72. The Kier molecular flexibility index (Phi) is 4.15. The third-order valence-corrected chi connectivity index (χ3v) is 2.23. The van der Waals surface area contributed by atoms with E-state index in [1.54, 1.807) is 0 Å². The van der Waals surface area contributed by atoms with Crippen LogP contribution in [0.15, 0.2) is 0 Å². The first-order valence-corrected chi connectivity index (χ1v) is 4.53. The fourth-order valence-electron chi connectivity index (χ4n) is 1.38. The van der Waals surface area contributed by atoms with Crippen molar-refractivity contribution < 1.29 is 22.6 Å². The number of hydrogen-bond acceptors (Lipinski definition) is 3. The summed E-state index contributed by atoms with van der Waals surface area (Å²) >= 11 is 0. The Morgan fingerprint density at radius 2 is 1.86 bits per heavy atom. The highest BCUT2D eigenvalue weighted by molar-refractivity contribution is 4.80. The van der Waals surface area contributed by atoms with Crippen molar-refractivity contribution in [2.45, 2.75) is 25.3 Å². The second-order valence-corrected chi connectivity index (χ2v) is 3.36. The Morgan fingerprint density at radius 1 is 1.21 bits per heavy atom. The molecule has 6 heteroatoms. The van der Waals surface area contributed by atoms with Gasteiger partial charge in [0.25, 0.3) is 0 Å². The molecule has 0 aromatic carbocycles. The molecular weight excluding hydrogens is 199 g/mol. The number of hydrogen-bond donors (Lipinski definition) is 1. The lowest BCUT2D eigenvalue weighted by Crippen LogP contribution is -2.36. The molecule has 0 spiro atoms. The molecule has 0 amide bonds. The highest BCUT2D eigenvalue weighted by Crippen LogP contribution is 2.28. The number of rotatable bonds is 5. The topological polar surface area (TPSA) is 44.5 Å². The van der Waals surface area contributed by atoms with E-state index in [0.717, 1.165) is 12.8 Å². The molecule has 1 fully saturated rings. The van der Waals surface area contributed by atoms with Crippen LogP contribution in [0, 0.1) is 5.92 Å². The van der Waals surface area contributed by atoms with Crippen molar-refractivity contribution in [2.24, 2.45) is 11.7 Å². The normalized spacial score (nSPS) is 27.4. The minimum Gasteiger partial charge on any atom is -0.376 e. The van der Waals surface area contributed by atoms with Crippen molar-refractivity contribution in [1.29, 1.82) is 0 Å². The van der Waals surface area contributed by atoms with Crippen LogP contribution >= 0.6 is 0 Å². The van der Waals surface area contributed by atoms with Crippen LogP contribution in [0.1, 0.15) is 12.8 Å².